The first-order valence-electron chi connectivity index (χ1n) is 6.13. The Morgan fingerprint density at radius 2 is 2.06 bits per heavy atom. The molecule has 1 N–H and O–H groups in total. The van der Waals surface area contributed by atoms with Gasteiger partial charge in [-0.15, -0.1) is 11.3 Å². The fourth-order valence-electron chi connectivity index (χ4n) is 2.10. The lowest BCUT2D eigenvalue weighted by Crippen LogP contribution is -2.40. The highest BCUT2D eigenvalue weighted by Crippen LogP contribution is 2.32. The van der Waals surface area contributed by atoms with E-state index >= 15 is 0 Å². The second kappa shape index (κ2) is 5.59. The van der Waals surface area contributed by atoms with E-state index in [0.717, 1.165) is 13.1 Å². The molecular weight excluding hydrogens is 250 g/mol. The smallest absolute Gasteiger partial charge is 0.185 e. The number of nitrogens with zero attached hydrogens (tertiary/aromatic N) is 2. The first kappa shape index (κ1) is 13.2. The first-order chi connectivity index (χ1) is 8.10. The molecule has 3 unspecified atom stereocenters. The van der Waals surface area contributed by atoms with Crippen LogP contribution in [-0.2, 0) is 0 Å². The Balaban J connectivity index is 2.09. The van der Waals surface area contributed by atoms with Gasteiger partial charge in [0.05, 0.1) is 0 Å². The lowest BCUT2D eigenvalue weighted by atomic mass is 10.3. The molecule has 0 saturated carbocycles. The zero-order valence-corrected chi connectivity index (χ0v) is 12.6. The molecule has 1 aromatic heterocycles. The van der Waals surface area contributed by atoms with Gasteiger partial charge < -0.3 is 10.2 Å². The lowest BCUT2D eigenvalue weighted by molar-refractivity contribution is 0.662. The molecule has 2 heterocycles. The van der Waals surface area contributed by atoms with Crippen molar-refractivity contribution in [3.63, 3.8) is 0 Å². The lowest BCUT2D eigenvalue weighted by Gasteiger charge is -2.34. The number of hydrogen-bond acceptors (Lipinski definition) is 5. The number of nitrogens with one attached hydrogen (secondary N) is 1. The maximum absolute atomic E-state index is 4.57. The Kier molecular flexibility index (Phi) is 4.33. The van der Waals surface area contributed by atoms with Crippen molar-refractivity contribution in [1.82, 2.24) is 10.3 Å². The van der Waals surface area contributed by atoms with Gasteiger partial charge in [0.25, 0.3) is 0 Å². The van der Waals surface area contributed by atoms with Crippen molar-refractivity contribution in [3.05, 3.63) is 11.1 Å². The average Bonchev–Trinajstić information content (AvgIpc) is 2.76. The summed E-state index contributed by atoms with van der Waals surface area (Å²) in [4.78, 5) is 8.33. The van der Waals surface area contributed by atoms with Gasteiger partial charge in [-0.1, -0.05) is 13.8 Å². The molecule has 0 radical (unpaired) electrons. The topological polar surface area (TPSA) is 28.2 Å². The number of thiazole rings is 1. The second-order valence-corrected chi connectivity index (χ2v) is 7.64. The summed E-state index contributed by atoms with van der Waals surface area (Å²) in [6.45, 7) is 9.02. The Bertz CT molecular complexity index is 356. The van der Waals surface area contributed by atoms with Crippen molar-refractivity contribution >= 4 is 28.2 Å². The number of aromatic nitrogens is 1. The van der Waals surface area contributed by atoms with Gasteiger partial charge in [-0.2, -0.15) is 11.8 Å². The van der Waals surface area contributed by atoms with E-state index in [1.54, 1.807) is 0 Å². The number of thioether (sulfide) groups is 1. The van der Waals surface area contributed by atoms with Crippen LogP contribution in [0.2, 0.25) is 0 Å². The molecule has 96 valence electrons. The van der Waals surface area contributed by atoms with Gasteiger partial charge in [-0.25, -0.2) is 4.98 Å². The van der Waals surface area contributed by atoms with Crippen LogP contribution in [-0.4, -0.2) is 35.6 Å². The molecule has 1 fully saturated rings. The summed E-state index contributed by atoms with van der Waals surface area (Å²) in [5.41, 5.74) is 0. The van der Waals surface area contributed by atoms with Crippen molar-refractivity contribution in [1.29, 1.82) is 0 Å². The van der Waals surface area contributed by atoms with E-state index in [1.165, 1.54) is 10.0 Å². The Morgan fingerprint density at radius 1 is 1.41 bits per heavy atom. The molecule has 1 aliphatic rings. The minimum Gasteiger partial charge on any atom is -0.346 e. The highest BCUT2D eigenvalue weighted by atomic mass is 32.2. The first-order valence-corrected chi connectivity index (χ1v) is 7.89. The van der Waals surface area contributed by atoms with Crippen LogP contribution in [0.4, 0.5) is 5.13 Å². The fourth-order valence-corrected chi connectivity index (χ4v) is 4.42. The van der Waals surface area contributed by atoms with E-state index in [-0.39, 0.29) is 0 Å². The summed E-state index contributed by atoms with van der Waals surface area (Å²) in [5, 5.41) is 5.85. The summed E-state index contributed by atoms with van der Waals surface area (Å²) in [7, 11) is 1.99. The molecule has 0 aliphatic carbocycles. The SMILES string of the molecule is CNC(C)c1cnc(N2CC(C)SC(C)C2)s1. The third-order valence-electron chi connectivity index (χ3n) is 3.06. The van der Waals surface area contributed by atoms with Gasteiger partial charge in [0.2, 0.25) is 0 Å². The average molecular weight is 271 g/mol. The summed E-state index contributed by atoms with van der Waals surface area (Å²) in [6, 6.07) is 0.398. The molecule has 3 atom stereocenters. The molecule has 0 spiro atoms. The fraction of sp³-hybridized carbons (Fsp3) is 0.750. The summed E-state index contributed by atoms with van der Waals surface area (Å²) < 4.78 is 0. The molecule has 5 heteroatoms. The molecule has 1 aromatic rings. The van der Waals surface area contributed by atoms with Crippen LogP contribution >= 0.6 is 23.1 Å². The van der Waals surface area contributed by atoms with E-state index in [0.29, 0.717) is 16.5 Å². The molecule has 17 heavy (non-hydrogen) atoms. The monoisotopic (exact) mass is 271 g/mol. The van der Waals surface area contributed by atoms with E-state index in [4.69, 9.17) is 0 Å². The van der Waals surface area contributed by atoms with Crippen molar-refractivity contribution in [3.8, 4) is 0 Å². The van der Waals surface area contributed by atoms with Crippen LogP contribution in [0, 0.1) is 0 Å². The Hall–Kier alpha value is -0.260. The third-order valence-corrected chi connectivity index (χ3v) is 5.53. The van der Waals surface area contributed by atoms with E-state index < -0.39 is 0 Å². The highest BCUT2D eigenvalue weighted by Gasteiger charge is 2.24. The van der Waals surface area contributed by atoms with Crippen molar-refractivity contribution in [2.24, 2.45) is 0 Å². The predicted molar refractivity (Wildman–Crippen MR) is 78.3 cm³/mol. The van der Waals surface area contributed by atoms with Crippen LogP contribution in [0.15, 0.2) is 6.20 Å². The number of rotatable bonds is 3. The quantitative estimate of drug-likeness (QED) is 0.915. The van der Waals surface area contributed by atoms with Gasteiger partial charge in [0.15, 0.2) is 5.13 Å². The standard InChI is InChI=1S/C12H21N3S2/c1-8-6-15(7-9(2)16-8)12-14-5-11(17-12)10(3)13-4/h5,8-10,13H,6-7H2,1-4H3. The van der Waals surface area contributed by atoms with E-state index in [9.17, 15) is 0 Å². The number of hydrogen-bond donors (Lipinski definition) is 1. The molecule has 1 saturated heterocycles. The molecule has 0 aromatic carbocycles. The van der Waals surface area contributed by atoms with Gasteiger partial charge >= 0.3 is 0 Å². The maximum atomic E-state index is 4.57. The van der Waals surface area contributed by atoms with E-state index in [1.807, 2.05) is 24.6 Å². The molecular formula is C12H21N3S2. The van der Waals surface area contributed by atoms with Gasteiger partial charge in [-0.3, -0.25) is 0 Å². The van der Waals surface area contributed by atoms with Crippen LogP contribution in [0.3, 0.4) is 0 Å². The van der Waals surface area contributed by atoms with Crippen LogP contribution in [0.25, 0.3) is 0 Å². The van der Waals surface area contributed by atoms with Crippen LogP contribution in [0.1, 0.15) is 31.7 Å². The normalized spacial score (nSPS) is 27.2. The molecule has 0 amide bonds. The predicted octanol–water partition coefficient (Wildman–Crippen LogP) is 2.75. The number of anilines is 1. The Morgan fingerprint density at radius 3 is 2.65 bits per heavy atom. The molecule has 1 aliphatic heterocycles. The van der Waals surface area contributed by atoms with Gasteiger partial charge in [-0.05, 0) is 14.0 Å². The second-order valence-electron chi connectivity index (χ2n) is 4.72. The van der Waals surface area contributed by atoms with E-state index in [2.05, 4.69) is 47.7 Å². The maximum Gasteiger partial charge on any atom is 0.185 e. The van der Waals surface area contributed by atoms with Crippen molar-refractivity contribution in [2.45, 2.75) is 37.3 Å². The Labute approximate surface area is 112 Å². The largest absolute Gasteiger partial charge is 0.346 e. The summed E-state index contributed by atoms with van der Waals surface area (Å²) in [6.07, 6.45) is 2.01. The summed E-state index contributed by atoms with van der Waals surface area (Å²) in [5.74, 6) is 0. The van der Waals surface area contributed by atoms with Crippen molar-refractivity contribution < 1.29 is 0 Å². The molecule has 3 nitrogen and oxygen atoms in total. The minimum absolute atomic E-state index is 0.398. The van der Waals surface area contributed by atoms with Crippen LogP contribution in [0.5, 0.6) is 0 Å². The van der Waals surface area contributed by atoms with Gasteiger partial charge in [0.1, 0.15) is 0 Å². The van der Waals surface area contributed by atoms with Crippen molar-refractivity contribution in [2.75, 3.05) is 25.0 Å². The molecule has 0 bridgehead atoms. The van der Waals surface area contributed by atoms with Gasteiger partial charge in [0, 0.05) is 40.7 Å². The zero-order chi connectivity index (χ0) is 12.4. The summed E-state index contributed by atoms with van der Waals surface area (Å²) >= 11 is 3.90. The zero-order valence-electron chi connectivity index (χ0n) is 10.9. The minimum atomic E-state index is 0.398. The van der Waals surface area contributed by atoms with Crippen LogP contribution < -0.4 is 10.2 Å². The molecule has 2 rings (SSSR count). The third kappa shape index (κ3) is 3.14. The highest BCUT2D eigenvalue weighted by molar-refractivity contribution is 8.00.